The predicted octanol–water partition coefficient (Wildman–Crippen LogP) is 3.58. The Balaban J connectivity index is 3.34. The maximum atomic E-state index is 12.6. The fourth-order valence-electron chi connectivity index (χ4n) is 1.19. The Labute approximate surface area is 108 Å². The van der Waals surface area contributed by atoms with E-state index < -0.39 is 6.43 Å². The van der Waals surface area contributed by atoms with Crippen molar-refractivity contribution in [3.8, 4) is 6.07 Å². The third-order valence-electron chi connectivity index (χ3n) is 1.90. The first-order chi connectivity index (χ1) is 7.11. The molecule has 0 saturated carbocycles. The summed E-state index contributed by atoms with van der Waals surface area (Å²) in [6.07, 6.45) is -1.28. The molecule has 0 amide bonds. The first-order valence-electron chi connectivity index (χ1n) is 3.99. The van der Waals surface area contributed by atoms with Gasteiger partial charge in [0.1, 0.15) is 3.70 Å². The van der Waals surface area contributed by atoms with Crippen molar-refractivity contribution < 1.29 is 8.78 Å². The van der Waals surface area contributed by atoms with E-state index in [0.717, 1.165) is 0 Å². The zero-order valence-electron chi connectivity index (χ0n) is 7.48. The van der Waals surface area contributed by atoms with Gasteiger partial charge in [0.2, 0.25) is 0 Å². The molecule has 6 heteroatoms. The largest absolute Gasteiger partial charge is 0.265 e. The molecule has 0 unspecified atom stereocenters. The highest BCUT2D eigenvalue weighted by Gasteiger charge is 2.18. The standard InChI is InChI=1S/C9H6BrF2IN2/c10-3-6-5(1-2-14)9(13)15-4-7(6)8(11)12/h4,8H,1,3H2. The highest BCUT2D eigenvalue weighted by molar-refractivity contribution is 14.1. The Morgan fingerprint density at radius 1 is 1.53 bits per heavy atom. The van der Waals surface area contributed by atoms with Crippen molar-refractivity contribution in [1.29, 1.82) is 5.26 Å². The molecule has 2 nitrogen and oxygen atoms in total. The first-order valence-corrected chi connectivity index (χ1v) is 6.19. The molecule has 80 valence electrons. The molecule has 15 heavy (non-hydrogen) atoms. The van der Waals surface area contributed by atoms with Gasteiger partial charge in [0.05, 0.1) is 12.5 Å². The SMILES string of the molecule is N#CCc1c(I)ncc(C(F)F)c1CBr. The summed E-state index contributed by atoms with van der Waals surface area (Å²) in [6, 6.07) is 1.96. The van der Waals surface area contributed by atoms with Crippen LogP contribution < -0.4 is 0 Å². The van der Waals surface area contributed by atoms with Gasteiger partial charge in [0.25, 0.3) is 6.43 Å². The maximum Gasteiger partial charge on any atom is 0.265 e. The summed E-state index contributed by atoms with van der Waals surface area (Å²) in [4.78, 5) is 3.86. The third kappa shape index (κ3) is 2.84. The summed E-state index contributed by atoms with van der Waals surface area (Å²) in [5.74, 6) is 0. The van der Waals surface area contributed by atoms with E-state index in [1.54, 1.807) is 0 Å². The van der Waals surface area contributed by atoms with Gasteiger partial charge in [-0.15, -0.1) is 0 Å². The Hall–Kier alpha value is -0.290. The van der Waals surface area contributed by atoms with Crippen LogP contribution in [0.25, 0.3) is 0 Å². The molecule has 0 spiro atoms. The zero-order chi connectivity index (χ0) is 11.4. The van der Waals surface area contributed by atoms with Crippen molar-refractivity contribution in [1.82, 2.24) is 4.98 Å². The lowest BCUT2D eigenvalue weighted by atomic mass is 10.0. The molecule has 0 radical (unpaired) electrons. The molecule has 1 aromatic heterocycles. The van der Waals surface area contributed by atoms with Crippen LogP contribution in [0.2, 0.25) is 0 Å². The van der Waals surface area contributed by atoms with Crippen LogP contribution in [-0.2, 0) is 11.8 Å². The normalized spacial score (nSPS) is 10.4. The van der Waals surface area contributed by atoms with Gasteiger partial charge in [0.15, 0.2) is 0 Å². The number of rotatable bonds is 3. The maximum absolute atomic E-state index is 12.6. The van der Waals surface area contributed by atoms with E-state index in [2.05, 4.69) is 20.9 Å². The van der Waals surface area contributed by atoms with Gasteiger partial charge >= 0.3 is 0 Å². The number of nitriles is 1. The number of aromatic nitrogens is 1. The van der Waals surface area contributed by atoms with E-state index in [-0.39, 0.29) is 12.0 Å². The van der Waals surface area contributed by atoms with Crippen molar-refractivity contribution in [3.63, 3.8) is 0 Å². The Morgan fingerprint density at radius 3 is 2.67 bits per heavy atom. The summed E-state index contributed by atoms with van der Waals surface area (Å²) in [5, 5.41) is 8.92. The lowest BCUT2D eigenvalue weighted by molar-refractivity contribution is 0.150. The second kappa shape index (κ2) is 5.70. The zero-order valence-corrected chi connectivity index (χ0v) is 11.2. The summed E-state index contributed by atoms with van der Waals surface area (Å²) in [6.45, 7) is 0. The molecule has 1 heterocycles. The molecule has 0 fully saturated rings. The summed E-state index contributed by atoms with van der Waals surface area (Å²) < 4.78 is 25.8. The van der Waals surface area contributed by atoms with Crippen LogP contribution in [0.3, 0.4) is 0 Å². The summed E-state index contributed by atoms with van der Waals surface area (Å²) in [7, 11) is 0. The van der Waals surface area contributed by atoms with Gasteiger partial charge in [-0.3, -0.25) is 0 Å². The molecule has 0 aliphatic heterocycles. The van der Waals surface area contributed by atoms with E-state index in [0.29, 0.717) is 20.2 Å². The number of hydrogen-bond acceptors (Lipinski definition) is 2. The highest BCUT2D eigenvalue weighted by atomic mass is 127. The van der Waals surface area contributed by atoms with Crippen LogP contribution in [0.1, 0.15) is 23.1 Å². The van der Waals surface area contributed by atoms with Gasteiger partial charge in [-0.2, -0.15) is 5.26 Å². The van der Waals surface area contributed by atoms with Crippen LogP contribution >= 0.6 is 38.5 Å². The second-order valence-electron chi connectivity index (χ2n) is 2.73. The number of pyridine rings is 1. The Kier molecular flexibility index (Phi) is 4.86. The van der Waals surface area contributed by atoms with Crippen LogP contribution in [0.5, 0.6) is 0 Å². The number of alkyl halides is 3. The predicted molar refractivity (Wildman–Crippen MR) is 63.9 cm³/mol. The average molecular weight is 387 g/mol. The minimum atomic E-state index is -2.56. The first kappa shape index (κ1) is 12.8. The average Bonchev–Trinajstić information content (AvgIpc) is 2.20. The fraction of sp³-hybridized carbons (Fsp3) is 0.333. The van der Waals surface area contributed by atoms with Crippen molar-refractivity contribution in [2.24, 2.45) is 0 Å². The van der Waals surface area contributed by atoms with Gasteiger partial charge in [-0.1, -0.05) is 15.9 Å². The number of halogens is 4. The molecule has 0 aromatic carbocycles. The van der Waals surface area contributed by atoms with Crippen molar-refractivity contribution in [2.75, 3.05) is 0 Å². The quantitative estimate of drug-likeness (QED) is 0.452. The summed E-state index contributed by atoms with van der Waals surface area (Å²) in [5.41, 5.74) is 0.969. The van der Waals surface area contributed by atoms with Gasteiger partial charge in [0, 0.05) is 22.7 Å². The van der Waals surface area contributed by atoms with E-state index in [1.807, 2.05) is 28.7 Å². The second-order valence-corrected chi connectivity index (χ2v) is 4.31. The fourth-order valence-corrected chi connectivity index (χ4v) is 2.50. The van der Waals surface area contributed by atoms with Crippen LogP contribution in [0.4, 0.5) is 8.78 Å². The Bertz CT molecular complexity index is 404. The molecular weight excluding hydrogens is 381 g/mol. The minimum absolute atomic E-state index is 0.0995. The van der Waals surface area contributed by atoms with Gasteiger partial charge in [-0.25, -0.2) is 13.8 Å². The van der Waals surface area contributed by atoms with Gasteiger partial charge in [-0.05, 0) is 28.2 Å². The summed E-state index contributed by atoms with van der Waals surface area (Å²) >= 11 is 5.10. The molecule has 0 atom stereocenters. The van der Waals surface area contributed by atoms with Crippen LogP contribution in [0.15, 0.2) is 6.20 Å². The van der Waals surface area contributed by atoms with Crippen molar-refractivity contribution >= 4 is 38.5 Å². The molecule has 1 aromatic rings. The molecule has 0 aliphatic rings. The van der Waals surface area contributed by atoms with E-state index >= 15 is 0 Å². The molecule has 0 aliphatic carbocycles. The number of hydrogen-bond donors (Lipinski definition) is 0. The molecule has 1 rings (SSSR count). The topological polar surface area (TPSA) is 36.7 Å². The van der Waals surface area contributed by atoms with E-state index in [1.165, 1.54) is 6.20 Å². The molecule has 0 saturated heterocycles. The third-order valence-corrected chi connectivity index (χ3v) is 3.39. The number of nitrogens with zero attached hydrogens (tertiary/aromatic N) is 2. The van der Waals surface area contributed by atoms with Crippen molar-refractivity contribution in [3.05, 3.63) is 26.6 Å². The lowest BCUT2D eigenvalue weighted by Crippen LogP contribution is -2.03. The van der Waals surface area contributed by atoms with Crippen LogP contribution in [-0.4, -0.2) is 4.98 Å². The van der Waals surface area contributed by atoms with Gasteiger partial charge < -0.3 is 0 Å². The van der Waals surface area contributed by atoms with Crippen molar-refractivity contribution in [2.45, 2.75) is 18.2 Å². The Morgan fingerprint density at radius 2 is 2.20 bits per heavy atom. The molecule has 0 N–H and O–H groups in total. The van der Waals surface area contributed by atoms with E-state index in [9.17, 15) is 8.78 Å². The molecular formula is C9H6BrF2IN2. The monoisotopic (exact) mass is 386 g/mol. The smallest absolute Gasteiger partial charge is 0.249 e. The minimum Gasteiger partial charge on any atom is -0.249 e. The van der Waals surface area contributed by atoms with E-state index in [4.69, 9.17) is 5.26 Å². The van der Waals surface area contributed by atoms with Crippen LogP contribution in [0, 0.1) is 15.0 Å². The highest BCUT2D eigenvalue weighted by Crippen LogP contribution is 2.28. The molecule has 0 bridgehead atoms. The lowest BCUT2D eigenvalue weighted by Gasteiger charge is -2.11.